The van der Waals surface area contributed by atoms with Gasteiger partial charge in [0.2, 0.25) is 0 Å². The summed E-state index contributed by atoms with van der Waals surface area (Å²) in [7, 11) is 0. The molecule has 1 aromatic heterocycles. The van der Waals surface area contributed by atoms with Gasteiger partial charge >= 0.3 is 12.0 Å². The smallest absolute Gasteiger partial charge is 0.326 e. The molecule has 0 spiro atoms. The molecule has 0 aliphatic rings. The summed E-state index contributed by atoms with van der Waals surface area (Å²) in [6, 6.07) is 0.356. The lowest BCUT2D eigenvalue weighted by atomic mass is 10.2. The predicted octanol–water partition coefficient (Wildman–Crippen LogP) is 0.942. The number of nitrogens with one attached hydrogen (secondary N) is 2. The van der Waals surface area contributed by atoms with Gasteiger partial charge in [0.1, 0.15) is 6.04 Å². The van der Waals surface area contributed by atoms with E-state index in [1.165, 1.54) is 12.5 Å². The Bertz CT molecular complexity index is 348. The molecule has 6 nitrogen and oxygen atoms in total. The molecule has 0 saturated heterocycles. The fourth-order valence-corrected chi connectivity index (χ4v) is 1.12. The molecule has 0 aliphatic heterocycles. The molecule has 0 aliphatic carbocycles. The fourth-order valence-electron chi connectivity index (χ4n) is 1.12. The van der Waals surface area contributed by atoms with Crippen molar-refractivity contribution >= 4 is 12.0 Å². The molecule has 1 unspecified atom stereocenters. The lowest BCUT2D eigenvalue weighted by Gasteiger charge is -2.12. The van der Waals surface area contributed by atoms with Crippen molar-refractivity contribution in [1.29, 1.82) is 0 Å². The van der Waals surface area contributed by atoms with Crippen LogP contribution in [0.25, 0.3) is 0 Å². The molecule has 1 rings (SSSR count). The van der Waals surface area contributed by atoms with Crippen LogP contribution < -0.4 is 10.6 Å². The van der Waals surface area contributed by atoms with Crippen molar-refractivity contribution in [2.45, 2.75) is 25.9 Å². The highest BCUT2D eigenvalue weighted by Gasteiger charge is 2.16. The van der Waals surface area contributed by atoms with Crippen LogP contribution in [0.1, 0.15) is 18.9 Å². The van der Waals surface area contributed by atoms with E-state index in [1.54, 1.807) is 13.0 Å². The van der Waals surface area contributed by atoms with Crippen LogP contribution in [-0.4, -0.2) is 23.1 Å². The van der Waals surface area contributed by atoms with Crippen molar-refractivity contribution in [1.82, 2.24) is 10.6 Å². The van der Waals surface area contributed by atoms with Crippen molar-refractivity contribution < 1.29 is 19.1 Å². The van der Waals surface area contributed by atoms with Gasteiger partial charge in [-0.25, -0.2) is 9.59 Å². The van der Waals surface area contributed by atoms with Gasteiger partial charge in [-0.2, -0.15) is 0 Å². The molecule has 88 valence electrons. The largest absolute Gasteiger partial charge is 0.480 e. The van der Waals surface area contributed by atoms with Crippen molar-refractivity contribution in [2.75, 3.05) is 0 Å². The monoisotopic (exact) mass is 226 g/mol. The van der Waals surface area contributed by atoms with Gasteiger partial charge in [-0.1, -0.05) is 6.92 Å². The first-order chi connectivity index (χ1) is 7.63. The van der Waals surface area contributed by atoms with Crippen molar-refractivity contribution in [3.8, 4) is 0 Å². The first-order valence-corrected chi connectivity index (χ1v) is 4.91. The lowest BCUT2D eigenvalue weighted by Crippen LogP contribution is -2.45. The minimum atomic E-state index is -1.04. The number of carbonyl (C=O) groups excluding carboxylic acids is 1. The lowest BCUT2D eigenvalue weighted by molar-refractivity contribution is -0.139. The topological polar surface area (TPSA) is 91.6 Å². The van der Waals surface area contributed by atoms with E-state index in [4.69, 9.17) is 9.52 Å². The minimum Gasteiger partial charge on any atom is -0.480 e. The van der Waals surface area contributed by atoms with Crippen LogP contribution in [0.2, 0.25) is 0 Å². The molecule has 0 bridgehead atoms. The third kappa shape index (κ3) is 3.64. The van der Waals surface area contributed by atoms with E-state index in [1.807, 2.05) is 0 Å². The maximum absolute atomic E-state index is 11.3. The number of furan rings is 1. The quantitative estimate of drug-likeness (QED) is 0.696. The summed E-state index contributed by atoms with van der Waals surface area (Å²) in [5, 5.41) is 13.6. The Kier molecular flexibility index (Phi) is 4.38. The van der Waals surface area contributed by atoms with E-state index in [9.17, 15) is 9.59 Å². The van der Waals surface area contributed by atoms with E-state index in [0.717, 1.165) is 5.56 Å². The Balaban J connectivity index is 2.33. The van der Waals surface area contributed by atoms with E-state index < -0.39 is 18.0 Å². The first kappa shape index (κ1) is 12.1. The number of carboxylic acids is 1. The highest BCUT2D eigenvalue weighted by molar-refractivity contribution is 5.82. The summed E-state index contributed by atoms with van der Waals surface area (Å²) in [5.41, 5.74) is 0.818. The summed E-state index contributed by atoms with van der Waals surface area (Å²) in [6.07, 6.45) is 3.35. The minimum absolute atomic E-state index is 0.304. The molecule has 16 heavy (non-hydrogen) atoms. The number of carbonyl (C=O) groups is 2. The van der Waals surface area contributed by atoms with E-state index in [0.29, 0.717) is 13.0 Å². The molecule has 0 radical (unpaired) electrons. The molecule has 3 N–H and O–H groups in total. The van der Waals surface area contributed by atoms with Gasteiger partial charge in [0.15, 0.2) is 0 Å². The number of urea groups is 1. The number of carboxylic acid groups (broad SMARTS) is 1. The average Bonchev–Trinajstić information content (AvgIpc) is 2.75. The van der Waals surface area contributed by atoms with Crippen molar-refractivity contribution in [3.63, 3.8) is 0 Å². The maximum atomic E-state index is 11.3. The third-order valence-corrected chi connectivity index (χ3v) is 2.04. The highest BCUT2D eigenvalue weighted by atomic mass is 16.4. The second kappa shape index (κ2) is 5.79. The van der Waals surface area contributed by atoms with Crippen LogP contribution in [0.5, 0.6) is 0 Å². The van der Waals surface area contributed by atoms with Gasteiger partial charge in [0.05, 0.1) is 12.5 Å². The molecule has 6 heteroatoms. The number of rotatable bonds is 5. The Labute approximate surface area is 92.6 Å². The van der Waals surface area contributed by atoms with Crippen LogP contribution in [0, 0.1) is 0 Å². The predicted molar refractivity (Wildman–Crippen MR) is 55.8 cm³/mol. The Morgan fingerprint density at radius 3 is 2.81 bits per heavy atom. The number of hydrogen-bond donors (Lipinski definition) is 3. The highest BCUT2D eigenvalue weighted by Crippen LogP contribution is 1.98. The zero-order chi connectivity index (χ0) is 12.0. The van der Waals surface area contributed by atoms with Crippen molar-refractivity contribution in [2.24, 2.45) is 0 Å². The zero-order valence-corrected chi connectivity index (χ0v) is 8.90. The van der Waals surface area contributed by atoms with Crippen LogP contribution in [0.3, 0.4) is 0 Å². The molecule has 1 atom stereocenters. The number of amides is 2. The third-order valence-electron chi connectivity index (χ3n) is 2.04. The zero-order valence-electron chi connectivity index (χ0n) is 8.90. The normalized spacial score (nSPS) is 11.8. The second-order valence-electron chi connectivity index (χ2n) is 3.26. The summed E-state index contributed by atoms with van der Waals surface area (Å²) in [5.74, 6) is -1.04. The number of hydrogen-bond acceptors (Lipinski definition) is 3. The fraction of sp³-hybridized carbons (Fsp3) is 0.400. The van der Waals surface area contributed by atoms with Crippen LogP contribution in [-0.2, 0) is 11.3 Å². The van der Waals surface area contributed by atoms with Gasteiger partial charge in [0.25, 0.3) is 0 Å². The average molecular weight is 226 g/mol. The summed E-state index contributed by atoms with van der Waals surface area (Å²) in [4.78, 5) is 21.9. The molecule has 1 aromatic rings. The molecular formula is C10H14N2O4. The molecule has 0 aromatic carbocycles. The van der Waals surface area contributed by atoms with Gasteiger partial charge < -0.3 is 20.2 Å². The molecule has 0 fully saturated rings. The van der Waals surface area contributed by atoms with Gasteiger partial charge in [-0.05, 0) is 12.5 Å². The van der Waals surface area contributed by atoms with E-state index in [2.05, 4.69) is 10.6 Å². The molecule has 1 heterocycles. The van der Waals surface area contributed by atoms with E-state index in [-0.39, 0.29) is 0 Å². The second-order valence-corrected chi connectivity index (χ2v) is 3.26. The summed E-state index contributed by atoms with van der Waals surface area (Å²) in [6.45, 7) is 1.99. The summed E-state index contributed by atoms with van der Waals surface area (Å²) >= 11 is 0. The Morgan fingerprint density at radius 1 is 1.56 bits per heavy atom. The van der Waals surface area contributed by atoms with E-state index >= 15 is 0 Å². The molecular weight excluding hydrogens is 212 g/mol. The maximum Gasteiger partial charge on any atom is 0.326 e. The van der Waals surface area contributed by atoms with Crippen LogP contribution in [0.15, 0.2) is 23.0 Å². The summed E-state index contributed by atoms with van der Waals surface area (Å²) < 4.78 is 4.82. The molecule has 2 amide bonds. The van der Waals surface area contributed by atoms with Gasteiger partial charge in [0, 0.05) is 12.1 Å². The first-order valence-electron chi connectivity index (χ1n) is 4.91. The van der Waals surface area contributed by atoms with Gasteiger partial charge in [-0.3, -0.25) is 0 Å². The molecule has 0 saturated carbocycles. The number of aliphatic carboxylic acids is 1. The van der Waals surface area contributed by atoms with Crippen molar-refractivity contribution in [3.05, 3.63) is 24.2 Å². The Morgan fingerprint density at radius 2 is 2.31 bits per heavy atom. The van der Waals surface area contributed by atoms with Gasteiger partial charge in [-0.15, -0.1) is 0 Å². The van der Waals surface area contributed by atoms with Crippen LogP contribution >= 0.6 is 0 Å². The Hall–Kier alpha value is -1.98. The van der Waals surface area contributed by atoms with Crippen LogP contribution in [0.4, 0.5) is 4.79 Å². The SMILES string of the molecule is CCC(NC(=O)NCc1ccoc1)C(=O)O. The standard InChI is InChI=1S/C10H14N2O4/c1-2-8(9(13)14)12-10(15)11-5-7-3-4-16-6-7/h3-4,6,8H,2,5H2,1H3,(H,13,14)(H2,11,12,15).